The first kappa shape index (κ1) is 15.0. The Bertz CT molecular complexity index is 633. The van der Waals surface area contributed by atoms with Crippen molar-refractivity contribution in [2.75, 3.05) is 0 Å². The number of aryl methyl sites for hydroxylation is 1. The molecule has 21 heavy (non-hydrogen) atoms. The summed E-state index contributed by atoms with van der Waals surface area (Å²) in [6.07, 6.45) is 0.145. The van der Waals surface area contributed by atoms with Crippen LogP contribution >= 0.6 is 0 Å². The zero-order valence-corrected chi connectivity index (χ0v) is 12.5. The van der Waals surface area contributed by atoms with E-state index in [4.69, 9.17) is 9.84 Å². The summed E-state index contributed by atoms with van der Waals surface area (Å²) in [7, 11) is 0. The zero-order chi connectivity index (χ0) is 15.4. The van der Waals surface area contributed by atoms with E-state index in [0.717, 1.165) is 28.3 Å². The van der Waals surface area contributed by atoms with E-state index in [9.17, 15) is 4.79 Å². The highest BCUT2D eigenvalue weighted by atomic mass is 16.5. The van der Waals surface area contributed by atoms with Crippen molar-refractivity contribution in [3.05, 3.63) is 47.7 Å². The molecule has 110 valence electrons. The SMILES string of the molecule is Cc1nc(-c2ccc(OC(C)C)cc2)ccc1CC(=O)O. The van der Waals surface area contributed by atoms with Gasteiger partial charge in [0.15, 0.2) is 0 Å². The second-order valence-electron chi connectivity index (χ2n) is 5.20. The van der Waals surface area contributed by atoms with Crippen molar-refractivity contribution >= 4 is 5.97 Å². The zero-order valence-electron chi connectivity index (χ0n) is 12.5. The van der Waals surface area contributed by atoms with Gasteiger partial charge in [0.2, 0.25) is 0 Å². The number of aromatic nitrogens is 1. The Kier molecular flexibility index (Phi) is 4.58. The molecule has 1 aromatic heterocycles. The fourth-order valence-electron chi connectivity index (χ4n) is 2.08. The number of carboxylic acids is 1. The van der Waals surface area contributed by atoms with Crippen LogP contribution < -0.4 is 4.74 Å². The molecule has 0 atom stereocenters. The van der Waals surface area contributed by atoms with E-state index in [1.807, 2.05) is 57.2 Å². The first-order valence-corrected chi connectivity index (χ1v) is 6.91. The number of nitrogens with zero attached hydrogens (tertiary/aromatic N) is 1. The van der Waals surface area contributed by atoms with E-state index in [1.165, 1.54) is 0 Å². The van der Waals surface area contributed by atoms with Gasteiger partial charge in [0.05, 0.1) is 18.2 Å². The fourth-order valence-corrected chi connectivity index (χ4v) is 2.08. The van der Waals surface area contributed by atoms with Crippen molar-refractivity contribution in [3.8, 4) is 17.0 Å². The highest BCUT2D eigenvalue weighted by Gasteiger charge is 2.07. The van der Waals surface area contributed by atoms with E-state index in [0.29, 0.717) is 0 Å². The monoisotopic (exact) mass is 285 g/mol. The summed E-state index contributed by atoms with van der Waals surface area (Å²) in [5, 5.41) is 8.84. The minimum atomic E-state index is -0.845. The molecule has 0 aliphatic heterocycles. The number of rotatable bonds is 5. The number of carboxylic acid groups (broad SMARTS) is 1. The molecule has 1 heterocycles. The lowest BCUT2D eigenvalue weighted by Crippen LogP contribution is -2.05. The summed E-state index contributed by atoms with van der Waals surface area (Å²) in [6, 6.07) is 11.4. The molecule has 2 aromatic rings. The number of carbonyl (C=O) groups is 1. The molecule has 0 fully saturated rings. The van der Waals surface area contributed by atoms with Crippen molar-refractivity contribution in [2.24, 2.45) is 0 Å². The molecule has 1 N–H and O–H groups in total. The minimum absolute atomic E-state index is 0.000277. The summed E-state index contributed by atoms with van der Waals surface area (Å²) in [5.41, 5.74) is 3.30. The Morgan fingerprint density at radius 2 is 1.86 bits per heavy atom. The van der Waals surface area contributed by atoms with Crippen LogP contribution in [0.3, 0.4) is 0 Å². The lowest BCUT2D eigenvalue weighted by atomic mass is 10.1. The maximum atomic E-state index is 10.8. The van der Waals surface area contributed by atoms with Gasteiger partial charge >= 0.3 is 5.97 Å². The number of ether oxygens (including phenoxy) is 1. The van der Waals surface area contributed by atoms with Gasteiger partial charge in [-0.25, -0.2) is 0 Å². The predicted octanol–water partition coefficient (Wildman–Crippen LogP) is 3.47. The maximum Gasteiger partial charge on any atom is 0.307 e. The summed E-state index contributed by atoms with van der Waals surface area (Å²) in [4.78, 5) is 15.2. The predicted molar refractivity (Wildman–Crippen MR) is 81.5 cm³/mol. The molecule has 0 saturated heterocycles. The molecule has 0 saturated carbocycles. The minimum Gasteiger partial charge on any atom is -0.491 e. The van der Waals surface area contributed by atoms with Crippen molar-refractivity contribution in [1.29, 1.82) is 0 Å². The Morgan fingerprint density at radius 3 is 2.38 bits per heavy atom. The van der Waals surface area contributed by atoms with Gasteiger partial charge in [-0.15, -0.1) is 0 Å². The smallest absolute Gasteiger partial charge is 0.307 e. The van der Waals surface area contributed by atoms with Gasteiger partial charge in [-0.05, 0) is 56.7 Å². The van der Waals surface area contributed by atoms with Gasteiger partial charge < -0.3 is 9.84 Å². The number of aliphatic carboxylic acids is 1. The topological polar surface area (TPSA) is 59.4 Å². The van der Waals surface area contributed by atoms with Crippen LogP contribution in [0.4, 0.5) is 0 Å². The quantitative estimate of drug-likeness (QED) is 0.913. The van der Waals surface area contributed by atoms with Crippen molar-refractivity contribution in [2.45, 2.75) is 33.3 Å². The van der Waals surface area contributed by atoms with E-state index in [1.54, 1.807) is 0 Å². The third-order valence-electron chi connectivity index (χ3n) is 3.06. The van der Waals surface area contributed by atoms with E-state index < -0.39 is 5.97 Å². The molecular formula is C17H19NO3. The average Bonchev–Trinajstić information content (AvgIpc) is 2.41. The lowest BCUT2D eigenvalue weighted by Gasteiger charge is -2.10. The molecular weight excluding hydrogens is 266 g/mol. The highest BCUT2D eigenvalue weighted by molar-refractivity contribution is 5.71. The summed E-state index contributed by atoms with van der Waals surface area (Å²) >= 11 is 0. The van der Waals surface area contributed by atoms with E-state index in [2.05, 4.69) is 4.98 Å². The molecule has 0 aliphatic carbocycles. The lowest BCUT2D eigenvalue weighted by molar-refractivity contribution is -0.136. The third kappa shape index (κ3) is 4.05. The molecule has 0 spiro atoms. The van der Waals surface area contributed by atoms with Crippen LogP contribution in [0.5, 0.6) is 5.75 Å². The number of benzene rings is 1. The van der Waals surface area contributed by atoms with Crippen molar-refractivity contribution in [1.82, 2.24) is 4.98 Å². The van der Waals surface area contributed by atoms with Gasteiger partial charge in [0.1, 0.15) is 5.75 Å². The van der Waals surface area contributed by atoms with Crippen molar-refractivity contribution in [3.63, 3.8) is 0 Å². The largest absolute Gasteiger partial charge is 0.491 e. The van der Waals surface area contributed by atoms with Gasteiger partial charge in [0, 0.05) is 11.3 Å². The summed E-state index contributed by atoms with van der Waals surface area (Å²) in [6.45, 7) is 5.80. The third-order valence-corrected chi connectivity index (χ3v) is 3.06. The van der Waals surface area contributed by atoms with Crippen LogP contribution in [-0.2, 0) is 11.2 Å². The van der Waals surface area contributed by atoms with Gasteiger partial charge in [-0.3, -0.25) is 9.78 Å². The van der Waals surface area contributed by atoms with Crippen LogP contribution in [-0.4, -0.2) is 22.2 Å². The molecule has 4 heteroatoms. The Hall–Kier alpha value is -2.36. The molecule has 1 aromatic carbocycles. The van der Waals surface area contributed by atoms with Crippen molar-refractivity contribution < 1.29 is 14.6 Å². The molecule has 0 aliphatic rings. The first-order valence-electron chi connectivity index (χ1n) is 6.91. The number of hydrogen-bond acceptors (Lipinski definition) is 3. The second-order valence-corrected chi connectivity index (χ2v) is 5.20. The Balaban J connectivity index is 2.22. The molecule has 4 nitrogen and oxygen atoms in total. The highest BCUT2D eigenvalue weighted by Crippen LogP contribution is 2.22. The molecule has 0 unspecified atom stereocenters. The Morgan fingerprint density at radius 1 is 1.19 bits per heavy atom. The Labute approximate surface area is 124 Å². The summed E-state index contributed by atoms with van der Waals surface area (Å²) < 4.78 is 5.61. The van der Waals surface area contributed by atoms with Crippen LogP contribution in [0.1, 0.15) is 25.1 Å². The van der Waals surface area contributed by atoms with Crippen LogP contribution in [0.25, 0.3) is 11.3 Å². The van der Waals surface area contributed by atoms with Gasteiger partial charge in [0.25, 0.3) is 0 Å². The standard InChI is InChI=1S/C17H19NO3/c1-11(2)21-15-7-4-13(5-8-15)16-9-6-14(10-17(19)20)12(3)18-16/h4-9,11H,10H2,1-3H3,(H,19,20). The average molecular weight is 285 g/mol. The maximum absolute atomic E-state index is 10.8. The number of hydrogen-bond donors (Lipinski definition) is 1. The van der Waals surface area contributed by atoms with Crippen LogP contribution in [0.2, 0.25) is 0 Å². The van der Waals surface area contributed by atoms with Crippen LogP contribution in [0, 0.1) is 6.92 Å². The van der Waals surface area contributed by atoms with Gasteiger partial charge in [-0.2, -0.15) is 0 Å². The normalized spacial score (nSPS) is 10.7. The molecule has 0 bridgehead atoms. The summed E-state index contributed by atoms with van der Waals surface area (Å²) in [5.74, 6) is -0.0178. The fraction of sp³-hybridized carbons (Fsp3) is 0.294. The van der Waals surface area contributed by atoms with Gasteiger partial charge in [-0.1, -0.05) is 6.07 Å². The number of pyridine rings is 1. The second kappa shape index (κ2) is 6.39. The molecule has 2 rings (SSSR count). The first-order chi connectivity index (χ1) is 9.95. The van der Waals surface area contributed by atoms with E-state index in [-0.39, 0.29) is 12.5 Å². The molecule has 0 amide bonds. The van der Waals surface area contributed by atoms with E-state index >= 15 is 0 Å². The molecule has 0 radical (unpaired) electrons. The van der Waals surface area contributed by atoms with Crippen LogP contribution in [0.15, 0.2) is 36.4 Å².